The fourth-order valence-electron chi connectivity index (χ4n) is 3.10. The van der Waals surface area contributed by atoms with Crippen LogP contribution in [-0.4, -0.2) is 6.54 Å². The molecule has 1 aliphatic rings. The molecule has 1 unspecified atom stereocenters. The lowest BCUT2D eigenvalue weighted by atomic mass is 9.77. The summed E-state index contributed by atoms with van der Waals surface area (Å²) < 4.78 is 26.5. The molecule has 0 aromatic heterocycles. The first-order valence-electron chi connectivity index (χ1n) is 7.30. The quantitative estimate of drug-likeness (QED) is 0.850. The minimum atomic E-state index is -0.767. The van der Waals surface area contributed by atoms with E-state index in [2.05, 4.69) is 19.2 Å². The summed E-state index contributed by atoms with van der Waals surface area (Å²) in [6, 6.07) is 4.44. The van der Waals surface area contributed by atoms with Crippen LogP contribution < -0.4 is 5.32 Å². The van der Waals surface area contributed by atoms with E-state index in [0.29, 0.717) is 5.92 Å². The van der Waals surface area contributed by atoms with Crippen LogP contribution >= 0.6 is 0 Å². The summed E-state index contributed by atoms with van der Waals surface area (Å²) in [5.41, 5.74) is 0.875. The lowest BCUT2D eigenvalue weighted by molar-refractivity contribution is 0.232. The van der Waals surface area contributed by atoms with Gasteiger partial charge in [-0.25, -0.2) is 8.78 Å². The molecule has 3 heteroatoms. The Hall–Kier alpha value is -0.960. The molecule has 0 amide bonds. The first-order chi connectivity index (χ1) is 9.11. The maximum Gasteiger partial charge on any atom is 0.159 e. The normalized spacial score (nSPS) is 25.3. The van der Waals surface area contributed by atoms with E-state index in [1.165, 1.54) is 25.0 Å². The molecule has 0 spiro atoms. The van der Waals surface area contributed by atoms with Crippen LogP contribution in [0, 0.1) is 23.5 Å². The first-order valence-corrected chi connectivity index (χ1v) is 7.30. The second-order valence-electron chi connectivity index (χ2n) is 5.73. The number of rotatable bonds is 4. The number of benzene rings is 1. The molecule has 1 N–H and O–H groups in total. The van der Waals surface area contributed by atoms with Gasteiger partial charge in [0.25, 0.3) is 0 Å². The zero-order valence-electron chi connectivity index (χ0n) is 11.8. The molecular weight excluding hydrogens is 244 g/mol. The molecule has 1 aromatic rings. The number of hydrogen-bond acceptors (Lipinski definition) is 1. The van der Waals surface area contributed by atoms with Gasteiger partial charge in [-0.15, -0.1) is 0 Å². The summed E-state index contributed by atoms with van der Waals surface area (Å²) in [4.78, 5) is 0. The van der Waals surface area contributed by atoms with Crippen molar-refractivity contribution in [2.24, 2.45) is 11.8 Å². The van der Waals surface area contributed by atoms with Crippen molar-refractivity contribution in [2.75, 3.05) is 6.54 Å². The Bertz CT molecular complexity index is 411. The van der Waals surface area contributed by atoms with Gasteiger partial charge in [-0.3, -0.25) is 0 Å². The lowest BCUT2D eigenvalue weighted by Crippen LogP contribution is -2.30. The summed E-state index contributed by atoms with van der Waals surface area (Å²) in [7, 11) is 0. The Labute approximate surface area is 114 Å². The third-order valence-electron chi connectivity index (χ3n) is 4.26. The standard InChI is InChI=1S/C16H23F2N/c1-3-19-16(12-6-4-11(2)5-7-12)13-8-9-14(17)15(18)10-13/h8-12,16,19H,3-7H2,1-2H3. The second-order valence-corrected chi connectivity index (χ2v) is 5.73. The van der Waals surface area contributed by atoms with Crippen molar-refractivity contribution in [3.8, 4) is 0 Å². The van der Waals surface area contributed by atoms with Crippen LogP contribution in [0.15, 0.2) is 18.2 Å². The maximum absolute atomic E-state index is 13.4. The Kier molecular flexibility index (Phi) is 4.92. The van der Waals surface area contributed by atoms with E-state index in [9.17, 15) is 8.78 Å². The van der Waals surface area contributed by atoms with E-state index in [1.807, 2.05) is 0 Å². The zero-order chi connectivity index (χ0) is 13.8. The minimum absolute atomic E-state index is 0.146. The summed E-state index contributed by atoms with van der Waals surface area (Å²) >= 11 is 0. The molecule has 0 radical (unpaired) electrons. The molecule has 106 valence electrons. The molecule has 0 bridgehead atoms. The van der Waals surface area contributed by atoms with Gasteiger partial charge < -0.3 is 5.32 Å². The molecule has 1 aliphatic carbocycles. The van der Waals surface area contributed by atoms with Crippen molar-refractivity contribution in [2.45, 2.75) is 45.6 Å². The predicted octanol–water partition coefficient (Wildman–Crippen LogP) is 4.44. The molecule has 2 rings (SSSR count). The predicted molar refractivity (Wildman–Crippen MR) is 73.9 cm³/mol. The van der Waals surface area contributed by atoms with Crippen molar-refractivity contribution in [3.05, 3.63) is 35.4 Å². The van der Waals surface area contributed by atoms with Crippen LogP contribution in [0.5, 0.6) is 0 Å². The van der Waals surface area contributed by atoms with E-state index < -0.39 is 11.6 Å². The largest absolute Gasteiger partial charge is 0.310 e. The fraction of sp³-hybridized carbons (Fsp3) is 0.625. The van der Waals surface area contributed by atoms with Crippen molar-refractivity contribution in [3.63, 3.8) is 0 Å². The van der Waals surface area contributed by atoms with Crippen LogP contribution in [0.1, 0.15) is 51.1 Å². The van der Waals surface area contributed by atoms with E-state index in [0.717, 1.165) is 30.9 Å². The number of hydrogen-bond donors (Lipinski definition) is 1. The van der Waals surface area contributed by atoms with Crippen LogP contribution in [-0.2, 0) is 0 Å². The fourth-order valence-corrected chi connectivity index (χ4v) is 3.10. The van der Waals surface area contributed by atoms with Crippen molar-refractivity contribution >= 4 is 0 Å². The average Bonchev–Trinajstić information content (AvgIpc) is 2.41. The van der Waals surface area contributed by atoms with E-state index in [-0.39, 0.29) is 6.04 Å². The Morgan fingerprint density at radius 2 is 1.84 bits per heavy atom. The van der Waals surface area contributed by atoms with E-state index in [4.69, 9.17) is 0 Å². The lowest BCUT2D eigenvalue weighted by Gasteiger charge is -2.33. The van der Waals surface area contributed by atoms with Crippen LogP contribution in [0.25, 0.3) is 0 Å². The highest BCUT2D eigenvalue weighted by atomic mass is 19.2. The molecule has 0 saturated heterocycles. The zero-order valence-corrected chi connectivity index (χ0v) is 11.8. The van der Waals surface area contributed by atoms with E-state index >= 15 is 0 Å². The monoisotopic (exact) mass is 267 g/mol. The number of halogens is 2. The second kappa shape index (κ2) is 6.47. The van der Waals surface area contributed by atoms with Crippen molar-refractivity contribution in [1.82, 2.24) is 5.32 Å². The van der Waals surface area contributed by atoms with Crippen molar-refractivity contribution in [1.29, 1.82) is 0 Å². The SMILES string of the molecule is CCNC(c1ccc(F)c(F)c1)C1CCC(C)CC1. The van der Waals surface area contributed by atoms with Gasteiger partial charge in [0.15, 0.2) is 11.6 Å². The Morgan fingerprint density at radius 1 is 1.16 bits per heavy atom. The van der Waals surface area contributed by atoms with Crippen LogP contribution in [0.3, 0.4) is 0 Å². The Morgan fingerprint density at radius 3 is 2.42 bits per heavy atom. The van der Waals surface area contributed by atoms with Crippen molar-refractivity contribution < 1.29 is 8.78 Å². The van der Waals surface area contributed by atoms with Gasteiger partial charge >= 0.3 is 0 Å². The molecule has 1 aromatic carbocycles. The topological polar surface area (TPSA) is 12.0 Å². The highest BCUT2D eigenvalue weighted by Crippen LogP contribution is 2.37. The summed E-state index contributed by atoms with van der Waals surface area (Å²) in [6.45, 7) is 5.18. The van der Waals surface area contributed by atoms with Gasteiger partial charge in [-0.1, -0.05) is 32.8 Å². The van der Waals surface area contributed by atoms with Crippen LogP contribution in [0.2, 0.25) is 0 Å². The Balaban J connectivity index is 2.16. The van der Waals surface area contributed by atoms with Gasteiger partial charge in [0.05, 0.1) is 0 Å². The van der Waals surface area contributed by atoms with Gasteiger partial charge in [0, 0.05) is 6.04 Å². The van der Waals surface area contributed by atoms with Gasteiger partial charge in [0.2, 0.25) is 0 Å². The molecule has 0 aliphatic heterocycles. The van der Waals surface area contributed by atoms with Gasteiger partial charge in [-0.05, 0) is 48.9 Å². The minimum Gasteiger partial charge on any atom is -0.310 e. The summed E-state index contributed by atoms with van der Waals surface area (Å²) in [6.07, 6.45) is 4.79. The first kappa shape index (κ1) is 14.4. The third-order valence-corrected chi connectivity index (χ3v) is 4.26. The summed E-state index contributed by atoms with van der Waals surface area (Å²) in [5, 5.41) is 3.44. The van der Waals surface area contributed by atoms with Crippen LogP contribution in [0.4, 0.5) is 8.78 Å². The highest BCUT2D eigenvalue weighted by molar-refractivity contribution is 5.22. The van der Waals surface area contributed by atoms with E-state index in [1.54, 1.807) is 6.07 Å². The van der Waals surface area contributed by atoms with Gasteiger partial charge in [-0.2, -0.15) is 0 Å². The summed E-state index contributed by atoms with van der Waals surface area (Å²) in [5.74, 6) is -0.190. The molecule has 1 nitrogen and oxygen atoms in total. The van der Waals surface area contributed by atoms with Gasteiger partial charge in [0.1, 0.15) is 0 Å². The average molecular weight is 267 g/mol. The number of nitrogens with one attached hydrogen (secondary N) is 1. The molecule has 0 heterocycles. The molecule has 1 atom stereocenters. The third kappa shape index (κ3) is 3.53. The molecular formula is C16H23F2N. The maximum atomic E-state index is 13.4. The molecule has 19 heavy (non-hydrogen) atoms. The molecule has 1 saturated carbocycles. The highest BCUT2D eigenvalue weighted by Gasteiger charge is 2.27. The molecule has 1 fully saturated rings. The smallest absolute Gasteiger partial charge is 0.159 e.